The van der Waals surface area contributed by atoms with Crippen molar-refractivity contribution >= 4 is 32.6 Å². The van der Waals surface area contributed by atoms with E-state index in [0.29, 0.717) is 25.6 Å². The number of hydrogen-bond donors (Lipinski definition) is 3. The standard InChI is InChI=1S/C22H27N5O2S/c1-23-22(24-12-10-18-16-26-20-8-4-3-7-19(18)20)25-13-15-30(28,29)27-14-11-17-6-2-5-9-21(17)27/h2-9,16,26H,10-15H2,1H3,(H2,23,24,25). The third-order valence-electron chi connectivity index (χ3n) is 5.42. The van der Waals surface area contributed by atoms with Gasteiger partial charge in [-0.05, 0) is 36.1 Å². The quantitative estimate of drug-likeness (QED) is 0.400. The van der Waals surface area contributed by atoms with E-state index in [0.717, 1.165) is 29.6 Å². The Morgan fingerprint density at radius 1 is 1.10 bits per heavy atom. The number of benzene rings is 2. The molecule has 0 radical (unpaired) electrons. The predicted octanol–water partition coefficient (Wildman–Crippen LogP) is 2.27. The van der Waals surface area contributed by atoms with E-state index in [2.05, 4.69) is 32.7 Å². The maximum Gasteiger partial charge on any atom is 0.236 e. The van der Waals surface area contributed by atoms with Gasteiger partial charge in [0.05, 0.1) is 11.4 Å². The number of para-hydroxylation sites is 2. The molecule has 3 aromatic rings. The zero-order valence-electron chi connectivity index (χ0n) is 17.1. The lowest BCUT2D eigenvalue weighted by atomic mass is 10.1. The summed E-state index contributed by atoms with van der Waals surface area (Å²) in [7, 11) is -1.69. The molecule has 7 nitrogen and oxygen atoms in total. The van der Waals surface area contributed by atoms with Gasteiger partial charge in [0.25, 0.3) is 0 Å². The minimum atomic E-state index is -3.37. The number of fused-ring (bicyclic) bond motifs is 2. The zero-order chi connectivity index (χ0) is 21.0. The third kappa shape index (κ3) is 4.28. The van der Waals surface area contributed by atoms with Crippen LogP contribution in [0.4, 0.5) is 5.69 Å². The van der Waals surface area contributed by atoms with Gasteiger partial charge in [-0.3, -0.25) is 9.30 Å². The van der Waals surface area contributed by atoms with E-state index >= 15 is 0 Å². The van der Waals surface area contributed by atoms with Gasteiger partial charge in [-0.2, -0.15) is 0 Å². The molecule has 0 saturated carbocycles. The maximum atomic E-state index is 12.8. The average Bonchev–Trinajstić information content (AvgIpc) is 3.37. The van der Waals surface area contributed by atoms with E-state index < -0.39 is 10.0 Å². The molecular weight excluding hydrogens is 398 g/mol. The van der Waals surface area contributed by atoms with Crippen molar-refractivity contribution in [2.45, 2.75) is 12.8 Å². The molecular formula is C22H27N5O2S. The van der Waals surface area contributed by atoms with Gasteiger partial charge in [-0.15, -0.1) is 0 Å². The molecule has 2 heterocycles. The van der Waals surface area contributed by atoms with Gasteiger partial charge in [0, 0.05) is 43.8 Å². The molecule has 30 heavy (non-hydrogen) atoms. The van der Waals surface area contributed by atoms with Crippen molar-refractivity contribution in [3.63, 3.8) is 0 Å². The predicted molar refractivity (Wildman–Crippen MR) is 123 cm³/mol. The molecule has 1 aliphatic rings. The summed E-state index contributed by atoms with van der Waals surface area (Å²) in [5.41, 5.74) is 4.26. The number of nitrogens with zero attached hydrogens (tertiary/aromatic N) is 2. The van der Waals surface area contributed by atoms with Crippen molar-refractivity contribution in [2.24, 2.45) is 4.99 Å². The molecule has 8 heteroatoms. The fourth-order valence-electron chi connectivity index (χ4n) is 3.88. The highest BCUT2D eigenvalue weighted by Crippen LogP contribution is 2.29. The third-order valence-corrected chi connectivity index (χ3v) is 7.19. The first-order chi connectivity index (χ1) is 14.6. The molecule has 3 N–H and O–H groups in total. The summed E-state index contributed by atoms with van der Waals surface area (Å²) in [6.45, 7) is 1.51. The van der Waals surface area contributed by atoms with E-state index in [1.165, 1.54) is 15.3 Å². The summed E-state index contributed by atoms with van der Waals surface area (Å²) in [4.78, 5) is 7.48. The van der Waals surface area contributed by atoms with Crippen LogP contribution in [0.3, 0.4) is 0 Å². The summed E-state index contributed by atoms with van der Waals surface area (Å²) in [5, 5.41) is 7.60. The van der Waals surface area contributed by atoms with Crippen LogP contribution in [0, 0.1) is 0 Å². The number of sulfonamides is 1. The van der Waals surface area contributed by atoms with Gasteiger partial charge in [-0.1, -0.05) is 36.4 Å². The maximum absolute atomic E-state index is 12.8. The summed E-state index contributed by atoms with van der Waals surface area (Å²) in [6.07, 6.45) is 3.64. The van der Waals surface area contributed by atoms with Crippen molar-refractivity contribution in [2.75, 3.05) is 36.7 Å². The number of rotatable bonds is 7. The van der Waals surface area contributed by atoms with Crippen molar-refractivity contribution in [1.29, 1.82) is 0 Å². The number of anilines is 1. The Kier molecular flexibility index (Phi) is 5.94. The highest BCUT2D eigenvalue weighted by molar-refractivity contribution is 7.92. The Labute approximate surface area is 177 Å². The number of aliphatic imine (C=N–C) groups is 1. The minimum Gasteiger partial charge on any atom is -0.361 e. The molecule has 0 spiro atoms. The second-order valence-corrected chi connectivity index (χ2v) is 9.31. The van der Waals surface area contributed by atoms with Crippen molar-refractivity contribution in [3.8, 4) is 0 Å². The van der Waals surface area contributed by atoms with Gasteiger partial charge in [0.15, 0.2) is 5.96 Å². The molecule has 0 aliphatic carbocycles. The van der Waals surface area contributed by atoms with Gasteiger partial charge in [0.2, 0.25) is 10.0 Å². The largest absolute Gasteiger partial charge is 0.361 e. The number of aromatic nitrogens is 1. The Balaban J connectivity index is 1.27. The first-order valence-corrected chi connectivity index (χ1v) is 11.8. The molecule has 0 atom stereocenters. The fourth-order valence-corrected chi connectivity index (χ4v) is 5.31. The molecule has 2 aromatic carbocycles. The highest BCUT2D eigenvalue weighted by atomic mass is 32.2. The lowest BCUT2D eigenvalue weighted by Crippen LogP contribution is -2.42. The van der Waals surface area contributed by atoms with Crippen LogP contribution in [0.25, 0.3) is 10.9 Å². The lowest BCUT2D eigenvalue weighted by molar-refractivity contribution is 0.591. The van der Waals surface area contributed by atoms with Crippen molar-refractivity contribution < 1.29 is 8.42 Å². The van der Waals surface area contributed by atoms with Crippen LogP contribution >= 0.6 is 0 Å². The number of H-pyrrole nitrogens is 1. The van der Waals surface area contributed by atoms with Gasteiger partial charge >= 0.3 is 0 Å². The number of aromatic amines is 1. The van der Waals surface area contributed by atoms with Crippen molar-refractivity contribution in [3.05, 3.63) is 65.9 Å². The van der Waals surface area contributed by atoms with E-state index in [-0.39, 0.29) is 5.75 Å². The normalized spacial score (nSPS) is 14.2. The van der Waals surface area contributed by atoms with Crippen LogP contribution in [0.2, 0.25) is 0 Å². The van der Waals surface area contributed by atoms with E-state index in [9.17, 15) is 8.42 Å². The second kappa shape index (κ2) is 8.79. The number of guanidine groups is 1. The van der Waals surface area contributed by atoms with E-state index in [1.54, 1.807) is 7.05 Å². The molecule has 1 aliphatic heterocycles. The first-order valence-electron chi connectivity index (χ1n) is 10.2. The van der Waals surface area contributed by atoms with Crippen LogP contribution in [0.1, 0.15) is 11.1 Å². The zero-order valence-corrected chi connectivity index (χ0v) is 17.9. The minimum absolute atomic E-state index is 0.0183. The van der Waals surface area contributed by atoms with E-state index in [4.69, 9.17) is 0 Å². The number of hydrogen-bond acceptors (Lipinski definition) is 3. The summed E-state index contributed by atoms with van der Waals surface area (Å²) >= 11 is 0. The molecule has 158 valence electrons. The molecule has 4 rings (SSSR count). The van der Waals surface area contributed by atoms with Crippen molar-refractivity contribution in [1.82, 2.24) is 15.6 Å². The Morgan fingerprint density at radius 2 is 1.87 bits per heavy atom. The Morgan fingerprint density at radius 3 is 2.73 bits per heavy atom. The van der Waals surface area contributed by atoms with Gasteiger partial charge in [-0.25, -0.2) is 8.42 Å². The smallest absolute Gasteiger partial charge is 0.236 e. The van der Waals surface area contributed by atoms with Crippen LogP contribution in [-0.4, -0.2) is 51.8 Å². The fraction of sp³-hybridized carbons (Fsp3) is 0.318. The molecule has 0 unspecified atom stereocenters. The van der Waals surface area contributed by atoms with Crippen LogP contribution in [-0.2, 0) is 22.9 Å². The molecule has 0 saturated heterocycles. The van der Waals surface area contributed by atoms with Crippen LogP contribution < -0.4 is 14.9 Å². The first kappa shape index (κ1) is 20.3. The summed E-state index contributed by atoms with van der Waals surface area (Å²) in [6, 6.07) is 15.9. The summed E-state index contributed by atoms with van der Waals surface area (Å²) < 4.78 is 27.1. The van der Waals surface area contributed by atoms with Crippen LogP contribution in [0.5, 0.6) is 0 Å². The van der Waals surface area contributed by atoms with Gasteiger partial charge < -0.3 is 15.6 Å². The monoisotopic (exact) mass is 425 g/mol. The topological polar surface area (TPSA) is 89.6 Å². The van der Waals surface area contributed by atoms with Gasteiger partial charge in [0.1, 0.15) is 0 Å². The second-order valence-electron chi connectivity index (χ2n) is 7.30. The molecule has 0 bridgehead atoms. The van der Waals surface area contributed by atoms with Crippen LogP contribution in [0.15, 0.2) is 59.7 Å². The SMILES string of the molecule is CN=C(NCCc1c[nH]c2ccccc12)NCCS(=O)(=O)N1CCc2ccccc21. The molecule has 1 aromatic heterocycles. The molecule has 0 amide bonds. The highest BCUT2D eigenvalue weighted by Gasteiger charge is 2.28. The molecule has 0 fully saturated rings. The summed E-state index contributed by atoms with van der Waals surface area (Å²) in [5.74, 6) is 0.622. The average molecular weight is 426 g/mol. The van der Waals surface area contributed by atoms with E-state index in [1.807, 2.05) is 42.6 Å². The number of nitrogens with one attached hydrogen (secondary N) is 3. The Bertz CT molecular complexity index is 1150. The lowest BCUT2D eigenvalue weighted by Gasteiger charge is -2.20. The Hall–Kier alpha value is -3.00.